The Labute approximate surface area is 114 Å². The summed E-state index contributed by atoms with van der Waals surface area (Å²) in [6.07, 6.45) is 7.59. The number of hydrogen-bond acceptors (Lipinski definition) is 5. The fraction of sp³-hybridized carbons (Fsp3) is 0.857. The molecule has 0 amide bonds. The molecule has 1 saturated heterocycles. The largest absolute Gasteiger partial charge is 0.370 e. The van der Waals surface area contributed by atoms with E-state index in [1.165, 1.54) is 12.8 Å². The van der Waals surface area contributed by atoms with E-state index < -0.39 is 0 Å². The maximum absolute atomic E-state index is 5.65. The van der Waals surface area contributed by atoms with Crippen molar-refractivity contribution >= 4 is 0 Å². The summed E-state index contributed by atoms with van der Waals surface area (Å²) in [4.78, 5) is 4.45. The van der Waals surface area contributed by atoms with Gasteiger partial charge in [-0.3, -0.25) is 0 Å². The van der Waals surface area contributed by atoms with Gasteiger partial charge in [0.2, 0.25) is 11.7 Å². The van der Waals surface area contributed by atoms with Gasteiger partial charge >= 0.3 is 0 Å². The van der Waals surface area contributed by atoms with Gasteiger partial charge in [-0.05, 0) is 38.1 Å². The molecule has 2 N–H and O–H groups in total. The van der Waals surface area contributed by atoms with Crippen molar-refractivity contribution in [2.45, 2.75) is 58.0 Å². The lowest BCUT2D eigenvalue weighted by molar-refractivity contribution is 0.103. The fourth-order valence-corrected chi connectivity index (χ4v) is 2.69. The SMILES string of the molecule is CCCC(CCN)CCc1nc(C2CCCO2)no1. The first-order chi connectivity index (χ1) is 9.33. The average Bonchev–Trinajstić information content (AvgIpc) is 3.07. The topological polar surface area (TPSA) is 74.2 Å². The molecular weight excluding hydrogens is 242 g/mol. The molecule has 1 aromatic rings. The predicted octanol–water partition coefficient (Wildman–Crippen LogP) is 2.62. The van der Waals surface area contributed by atoms with Crippen molar-refractivity contribution in [2.24, 2.45) is 11.7 Å². The normalized spacial score (nSPS) is 20.8. The van der Waals surface area contributed by atoms with Crippen LogP contribution in [0.25, 0.3) is 0 Å². The second-order valence-corrected chi connectivity index (χ2v) is 5.32. The van der Waals surface area contributed by atoms with Crippen LogP contribution in [-0.2, 0) is 11.2 Å². The summed E-state index contributed by atoms with van der Waals surface area (Å²) in [6, 6.07) is 0. The van der Waals surface area contributed by atoms with Gasteiger partial charge in [0.15, 0.2) is 0 Å². The van der Waals surface area contributed by atoms with E-state index in [9.17, 15) is 0 Å². The van der Waals surface area contributed by atoms with Gasteiger partial charge in [-0.25, -0.2) is 0 Å². The number of aryl methyl sites for hydroxylation is 1. The molecule has 2 atom stereocenters. The van der Waals surface area contributed by atoms with Crippen molar-refractivity contribution in [1.82, 2.24) is 10.1 Å². The van der Waals surface area contributed by atoms with Crippen molar-refractivity contribution in [3.05, 3.63) is 11.7 Å². The van der Waals surface area contributed by atoms with Crippen LogP contribution in [0.5, 0.6) is 0 Å². The second kappa shape index (κ2) is 7.60. The standard InChI is InChI=1S/C14H25N3O2/c1-2-4-11(8-9-15)6-7-13-16-14(17-19-13)12-5-3-10-18-12/h11-12H,2-10,15H2,1H3. The summed E-state index contributed by atoms with van der Waals surface area (Å²) < 4.78 is 10.9. The van der Waals surface area contributed by atoms with E-state index in [1.54, 1.807) is 0 Å². The van der Waals surface area contributed by atoms with Gasteiger partial charge in [-0.1, -0.05) is 24.9 Å². The van der Waals surface area contributed by atoms with Crippen LogP contribution in [0.2, 0.25) is 0 Å². The molecule has 2 rings (SSSR count). The quantitative estimate of drug-likeness (QED) is 0.783. The van der Waals surface area contributed by atoms with Crippen LogP contribution in [0.15, 0.2) is 4.52 Å². The van der Waals surface area contributed by atoms with Crippen LogP contribution in [0.3, 0.4) is 0 Å². The Morgan fingerprint density at radius 2 is 2.26 bits per heavy atom. The van der Waals surface area contributed by atoms with Crippen LogP contribution in [0.1, 0.15) is 63.3 Å². The van der Waals surface area contributed by atoms with Crippen LogP contribution >= 0.6 is 0 Å². The van der Waals surface area contributed by atoms with Gasteiger partial charge in [-0.2, -0.15) is 4.98 Å². The first-order valence-corrected chi connectivity index (χ1v) is 7.47. The zero-order chi connectivity index (χ0) is 13.5. The molecule has 5 heteroatoms. The van der Waals surface area contributed by atoms with Gasteiger partial charge in [0.05, 0.1) is 0 Å². The van der Waals surface area contributed by atoms with Crippen molar-refractivity contribution in [1.29, 1.82) is 0 Å². The van der Waals surface area contributed by atoms with E-state index in [2.05, 4.69) is 17.1 Å². The highest BCUT2D eigenvalue weighted by molar-refractivity contribution is 4.93. The van der Waals surface area contributed by atoms with Crippen LogP contribution < -0.4 is 5.73 Å². The number of nitrogens with two attached hydrogens (primary N) is 1. The minimum absolute atomic E-state index is 0.0491. The maximum atomic E-state index is 5.65. The zero-order valence-corrected chi connectivity index (χ0v) is 11.8. The molecule has 108 valence electrons. The molecule has 19 heavy (non-hydrogen) atoms. The van der Waals surface area contributed by atoms with E-state index in [0.29, 0.717) is 5.92 Å². The molecule has 2 heterocycles. The Balaban J connectivity index is 1.81. The van der Waals surface area contributed by atoms with Gasteiger partial charge < -0.3 is 15.0 Å². The monoisotopic (exact) mass is 267 g/mol. The minimum Gasteiger partial charge on any atom is -0.370 e. The highest BCUT2D eigenvalue weighted by Crippen LogP contribution is 2.26. The molecule has 0 radical (unpaired) electrons. The molecule has 0 aromatic carbocycles. The number of ether oxygens (including phenoxy) is 1. The van der Waals surface area contributed by atoms with Gasteiger partial charge in [0, 0.05) is 13.0 Å². The minimum atomic E-state index is 0.0491. The van der Waals surface area contributed by atoms with Gasteiger partial charge in [-0.15, -0.1) is 0 Å². The second-order valence-electron chi connectivity index (χ2n) is 5.32. The molecule has 0 spiro atoms. The van der Waals surface area contributed by atoms with Gasteiger partial charge in [0.1, 0.15) is 6.10 Å². The number of aromatic nitrogens is 2. The zero-order valence-electron chi connectivity index (χ0n) is 11.8. The summed E-state index contributed by atoms with van der Waals surface area (Å²) >= 11 is 0. The lowest BCUT2D eigenvalue weighted by atomic mass is 9.94. The Kier molecular flexibility index (Phi) is 5.79. The van der Waals surface area contributed by atoms with Crippen LogP contribution in [-0.4, -0.2) is 23.3 Å². The van der Waals surface area contributed by atoms with E-state index in [-0.39, 0.29) is 6.10 Å². The summed E-state index contributed by atoms with van der Waals surface area (Å²) in [7, 11) is 0. The first kappa shape index (κ1) is 14.5. The van der Waals surface area contributed by atoms with Crippen molar-refractivity contribution < 1.29 is 9.26 Å². The third-order valence-corrected chi connectivity index (χ3v) is 3.74. The Morgan fingerprint density at radius 1 is 1.37 bits per heavy atom. The highest BCUT2D eigenvalue weighted by Gasteiger charge is 2.23. The third-order valence-electron chi connectivity index (χ3n) is 3.74. The summed E-state index contributed by atoms with van der Waals surface area (Å²) in [5.74, 6) is 2.13. The van der Waals surface area contributed by atoms with Crippen molar-refractivity contribution in [2.75, 3.05) is 13.2 Å². The predicted molar refractivity (Wildman–Crippen MR) is 72.6 cm³/mol. The Hall–Kier alpha value is -0.940. The fourth-order valence-electron chi connectivity index (χ4n) is 2.69. The van der Waals surface area contributed by atoms with Crippen molar-refractivity contribution in [3.8, 4) is 0 Å². The number of nitrogens with zero attached hydrogens (tertiary/aromatic N) is 2. The lowest BCUT2D eigenvalue weighted by Gasteiger charge is -2.13. The van der Waals surface area contributed by atoms with E-state index in [1.807, 2.05) is 0 Å². The molecule has 1 aromatic heterocycles. The smallest absolute Gasteiger partial charge is 0.226 e. The van der Waals surface area contributed by atoms with E-state index in [4.69, 9.17) is 15.0 Å². The molecular formula is C14H25N3O2. The maximum Gasteiger partial charge on any atom is 0.226 e. The molecule has 1 fully saturated rings. The summed E-state index contributed by atoms with van der Waals surface area (Å²) in [5, 5.41) is 4.03. The highest BCUT2D eigenvalue weighted by atomic mass is 16.5. The molecule has 5 nitrogen and oxygen atoms in total. The van der Waals surface area contributed by atoms with E-state index >= 15 is 0 Å². The Morgan fingerprint density at radius 3 is 2.95 bits per heavy atom. The lowest BCUT2D eigenvalue weighted by Crippen LogP contribution is -2.10. The molecule has 1 aliphatic heterocycles. The summed E-state index contributed by atoms with van der Waals surface area (Å²) in [6.45, 7) is 3.78. The molecule has 0 aliphatic carbocycles. The molecule has 2 unspecified atom stereocenters. The Bertz CT molecular complexity index is 355. The van der Waals surface area contributed by atoms with Gasteiger partial charge in [0.25, 0.3) is 0 Å². The summed E-state index contributed by atoms with van der Waals surface area (Å²) in [5.41, 5.74) is 5.65. The number of rotatable bonds is 8. The van der Waals surface area contributed by atoms with E-state index in [0.717, 1.165) is 57.0 Å². The first-order valence-electron chi connectivity index (χ1n) is 7.47. The average molecular weight is 267 g/mol. The molecule has 1 aliphatic rings. The molecule has 0 bridgehead atoms. The van der Waals surface area contributed by atoms with Crippen LogP contribution in [0, 0.1) is 5.92 Å². The number of hydrogen-bond donors (Lipinski definition) is 1. The third kappa shape index (κ3) is 4.28. The van der Waals surface area contributed by atoms with Crippen molar-refractivity contribution in [3.63, 3.8) is 0 Å². The van der Waals surface area contributed by atoms with Crippen LogP contribution in [0.4, 0.5) is 0 Å². The molecule has 0 saturated carbocycles.